The van der Waals surface area contributed by atoms with Gasteiger partial charge in [0.05, 0.1) is 13.2 Å². The molecular weight excluding hydrogens is 322 g/mol. The average Bonchev–Trinajstić information content (AvgIpc) is 2.66. The molecule has 138 valence electrons. The summed E-state index contributed by atoms with van der Waals surface area (Å²) in [7, 11) is 1.63. The van der Waals surface area contributed by atoms with E-state index in [2.05, 4.69) is 15.5 Å². The molecular formula is C18H27N3O4. The number of hydrogen-bond acceptors (Lipinski definition) is 5. The Balaban J connectivity index is 1.78. The molecule has 2 rings (SSSR count). The van der Waals surface area contributed by atoms with Gasteiger partial charge in [-0.1, -0.05) is 6.07 Å². The molecule has 2 N–H and O–H groups in total. The fraction of sp³-hybridized carbons (Fsp3) is 0.556. The number of carbonyl (C=O) groups excluding carboxylic acids is 2. The zero-order valence-electron chi connectivity index (χ0n) is 14.8. The molecule has 0 bridgehead atoms. The smallest absolute Gasteiger partial charge is 0.251 e. The van der Waals surface area contributed by atoms with Gasteiger partial charge in [-0.05, 0) is 24.6 Å². The summed E-state index contributed by atoms with van der Waals surface area (Å²) in [6, 6.07) is 6.76. The number of methoxy groups -OCH3 is 1. The van der Waals surface area contributed by atoms with Crippen LogP contribution in [0.3, 0.4) is 0 Å². The molecule has 0 aliphatic carbocycles. The van der Waals surface area contributed by atoms with E-state index in [4.69, 9.17) is 9.47 Å². The molecule has 1 aliphatic heterocycles. The number of benzene rings is 1. The van der Waals surface area contributed by atoms with Gasteiger partial charge in [-0.25, -0.2) is 0 Å². The Morgan fingerprint density at radius 1 is 1.12 bits per heavy atom. The van der Waals surface area contributed by atoms with Gasteiger partial charge in [0, 0.05) is 57.6 Å². The molecule has 0 unspecified atom stereocenters. The number of hydrogen-bond donors (Lipinski definition) is 2. The Labute approximate surface area is 148 Å². The minimum Gasteiger partial charge on any atom is -0.385 e. The maximum Gasteiger partial charge on any atom is 0.251 e. The molecule has 1 aromatic carbocycles. The largest absolute Gasteiger partial charge is 0.385 e. The van der Waals surface area contributed by atoms with Crippen molar-refractivity contribution in [3.63, 3.8) is 0 Å². The van der Waals surface area contributed by atoms with Crippen LogP contribution in [0.15, 0.2) is 24.3 Å². The first-order valence-electron chi connectivity index (χ1n) is 8.66. The molecule has 1 heterocycles. The predicted octanol–water partition coefficient (Wildman–Crippen LogP) is 0.515. The van der Waals surface area contributed by atoms with E-state index in [0.29, 0.717) is 30.8 Å². The highest BCUT2D eigenvalue weighted by Gasteiger charge is 2.12. The highest BCUT2D eigenvalue weighted by Crippen LogP contribution is 2.05. The van der Waals surface area contributed by atoms with Crippen LogP contribution >= 0.6 is 0 Å². The second kappa shape index (κ2) is 10.8. The van der Waals surface area contributed by atoms with Crippen LogP contribution in [0.25, 0.3) is 0 Å². The summed E-state index contributed by atoms with van der Waals surface area (Å²) >= 11 is 0. The zero-order valence-corrected chi connectivity index (χ0v) is 14.8. The minimum absolute atomic E-state index is 0.165. The monoisotopic (exact) mass is 349 g/mol. The topological polar surface area (TPSA) is 79.9 Å². The molecule has 0 spiro atoms. The third-order valence-electron chi connectivity index (χ3n) is 4.02. The number of amides is 2. The van der Waals surface area contributed by atoms with Crippen molar-refractivity contribution < 1.29 is 19.1 Å². The molecule has 1 saturated heterocycles. The van der Waals surface area contributed by atoms with Crippen molar-refractivity contribution in [1.29, 1.82) is 0 Å². The van der Waals surface area contributed by atoms with E-state index in [-0.39, 0.29) is 11.8 Å². The van der Waals surface area contributed by atoms with Crippen molar-refractivity contribution in [2.24, 2.45) is 0 Å². The molecule has 25 heavy (non-hydrogen) atoms. The standard InChI is InChI=1S/C18H27N3O4/c1-24-11-3-6-19-17(22)15-4-2-5-16(14-15)18(23)20-7-8-21-9-12-25-13-10-21/h2,4-5,14H,3,6-13H2,1H3,(H,19,22)(H,20,23). The summed E-state index contributed by atoms with van der Waals surface area (Å²) in [5.41, 5.74) is 0.977. The molecule has 7 heteroatoms. The number of nitrogens with one attached hydrogen (secondary N) is 2. The van der Waals surface area contributed by atoms with Crippen LogP contribution in [0, 0.1) is 0 Å². The minimum atomic E-state index is -0.181. The van der Waals surface area contributed by atoms with Crippen LogP contribution in [0.1, 0.15) is 27.1 Å². The van der Waals surface area contributed by atoms with Crippen molar-refractivity contribution in [1.82, 2.24) is 15.5 Å². The summed E-state index contributed by atoms with van der Waals surface area (Å²) in [6.45, 7) is 5.81. The van der Waals surface area contributed by atoms with Gasteiger partial charge in [0.2, 0.25) is 0 Å². The van der Waals surface area contributed by atoms with Crippen LogP contribution in [-0.2, 0) is 9.47 Å². The van der Waals surface area contributed by atoms with Gasteiger partial charge in [-0.3, -0.25) is 14.5 Å². The summed E-state index contributed by atoms with van der Waals surface area (Å²) in [6.07, 6.45) is 0.754. The number of nitrogens with zero attached hydrogens (tertiary/aromatic N) is 1. The SMILES string of the molecule is COCCCNC(=O)c1cccc(C(=O)NCCN2CCOCC2)c1. The summed E-state index contributed by atoms with van der Waals surface area (Å²) < 4.78 is 10.2. The van der Waals surface area contributed by atoms with Gasteiger partial charge >= 0.3 is 0 Å². The lowest BCUT2D eigenvalue weighted by molar-refractivity contribution is 0.0383. The maximum atomic E-state index is 12.3. The first kappa shape index (κ1) is 19.4. The molecule has 1 fully saturated rings. The third kappa shape index (κ3) is 6.81. The molecule has 0 atom stereocenters. The van der Waals surface area contributed by atoms with Gasteiger partial charge in [-0.15, -0.1) is 0 Å². The van der Waals surface area contributed by atoms with E-state index in [1.807, 2.05) is 0 Å². The van der Waals surface area contributed by atoms with E-state index in [1.165, 1.54) is 0 Å². The Morgan fingerprint density at radius 3 is 2.40 bits per heavy atom. The number of carbonyl (C=O) groups is 2. The molecule has 7 nitrogen and oxygen atoms in total. The third-order valence-corrected chi connectivity index (χ3v) is 4.02. The first-order chi connectivity index (χ1) is 12.2. The average molecular weight is 349 g/mol. The van der Waals surface area contributed by atoms with E-state index >= 15 is 0 Å². The molecule has 0 aromatic heterocycles. The van der Waals surface area contributed by atoms with Crippen LogP contribution in [0.5, 0.6) is 0 Å². The zero-order chi connectivity index (χ0) is 17.9. The van der Waals surface area contributed by atoms with Gasteiger partial charge in [0.15, 0.2) is 0 Å². The fourth-order valence-corrected chi connectivity index (χ4v) is 2.58. The number of morpholine rings is 1. The summed E-state index contributed by atoms with van der Waals surface area (Å²) in [5.74, 6) is -0.346. The molecule has 0 radical (unpaired) electrons. The fourth-order valence-electron chi connectivity index (χ4n) is 2.58. The van der Waals surface area contributed by atoms with Gasteiger partial charge in [0.1, 0.15) is 0 Å². The molecule has 1 aliphatic rings. The number of rotatable bonds is 9. The van der Waals surface area contributed by atoms with Crippen LogP contribution in [0.4, 0.5) is 0 Å². The Hall–Kier alpha value is -1.96. The van der Waals surface area contributed by atoms with E-state index in [0.717, 1.165) is 39.3 Å². The quantitative estimate of drug-likeness (QED) is 0.635. The van der Waals surface area contributed by atoms with Crippen molar-refractivity contribution >= 4 is 11.8 Å². The predicted molar refractivity (Wildman–Crippen MR) is 94.9 cm³/mol. The van der Waals surface area contributed by atoms with Crippen molar-refractivity contribution in [3.8, 4) is 0 Å². The Morgan fingerprint density at radius 2 is 1.76 bits per heavy atom. The van der Waals surface area contributed by atoms with Crippen LogP contribution in [-0.4, -0.2) is 76.4 Å². The highest BCUT2D eigenvalue weighted by molar-refractivity contribution is 5.99. The van der Waals surface area contributed by atoms with Gasteiger partial charge in [0.25, 0.3) is 11.8 Å². The Bertz CT molecular complexity index is 559. The second-order valence-electron chi connectivity index (χ2n) is 5.89. The van der Waals surface area contributed by atoms with Crippen molar-refractivity contribution in [2.75, 3.05) is 59.7 Å². The Kier molecular flexibility index (Phi) is 8.38. The van der Waals surface area contributed by atoms with E-state index in [1.54, 1.807) is 31.4 Å². The lowest BCUT2D eigenvalue weighted by Crippen LogP contribution is -2.41. The maximum absolute atomic E-state index is 12.3. The van der Waals surface area contributed by atoms with E-state index in [9.17, 15) is 9.59 Å². The normalized spacial score (nSPS) is 14.9. The number of ether oxygens (including phenoxy) is 2. The lowest BCUT2D eigenvalue weighted by Gasteiger charge is -2.26. The summed E-state index contributed by atoms with van der Waals surface area (Å²) in [4.78, 5) is 26.6. The van der Waals surface area contributed by atoms with Gasteiger partial charge < -0.3 is 20.1 Å². The van der Waals surface area contributed by atoms with E-state index < -0.39 is 0 Å². The van der Waals surface area contributed by atoms with Gasteiger partial charge in [-0.2, -0.15) is 0 Å². The molecule has 0 saturated carbocycles. The van der Waals surface area contributed by atoms with Crippen molar-refractivity contribution in [2.45, 2.75) is 6.42 Å². The van der Waals surface area contributed by atoms with Crippen molar-refractivity contribution in [3.05, 3.63) is 35.4 Å². The second-order valence-corrected chi connectivity index (χ2v) is 5.89. The summed E-state index contributed by atoms with van der Waals surface area (Å²) in [5, 5.41) is 5.72. The molecule has 1 aromatic rings. The van der Waals surface area contributed by atoms with Crippen LogP contribution < -0.4 is 10.6 Å². The lowest BCUT2D eigenvalue weighted by atomic mass is 10.1. The first-order valence-corrected chi connectivity index (χ1v) is 8.66. The van der Waals surface area contributed by atoms with Crippen LogP contribution in [0.2, 0.25) is 0 Å². The molecule has 2 amide bonds. The highest BCUT2D eigenvalue weighted by atomic mass is 16.5.